The number of hydrogen-bond acceptors (Lipinski definition) is 4. The largest absolute Gasteiger partial charge is 0.496 e. The number of benzene rings is 2. The summed E-state index contributed by atoms with van der Waals surface area (Å²) in [5.74, 6) is -0.694. The van der Waals surface area contributed by atoms with Crippen LogP contribution in [-0.4, -0.2) is 25.6 Å². The zero-order valence-electron chi connectivity index (χ0n) is 15.0. The van der Waals surface area contributed by atoms with Crippen LogP contribution in [0.15, 0.2) is 42.5 Å². The van der Waals surface area contributed by atoms with E-state index >= 15 is 0 Å². The van der Waals surface area contributed by atoms with Gasteiger partial charge in [0.25, 0.3) is 5.91 Å². The fraction of sp³-hybridized carbons (Fsp3) is 0.300. The Morgan fingerprint density at radius 3 is 2.46 bits per heavy atom. The van der Waals surface area contributed by atoms with Gasteiger partial charge in [0.15, 0.2) is 6.61 Å². The van der Waals surface area contributed by atoms with Crippen molar-refractivity contribution in [3.8, 4) is 5.75 Å². The summed E-state index contributed by atoms with van der Waals surface area (Å²) in [6.45, 7) is 3.61. The van der Waals surface area contributed by atoms with E-state index in [0.717, 1.165) is 17.5 Å². The second-order valence-corrected chi connectivity index (χ2v) is 6.30. The van der Waals surface area contributed by atoms with E-state index in [0.29, 0.717) is 10.8 Å². The second kappa shape index (κ2) is 9.25. The van der Waals surface area contributed by atoms with Crippen LogP contribution >= 0.6 is 11.6 Å². The molecule has 0 radical (unpaired) electrons. The Balaban J connectivity index is 1.96. The third-order valence-electron chi connectivity index (χ3n) is 3.94. The Hall–Kier alpha value is -2.53. The highest BCUT2D eigenvalue weighted by molar-refractivity contribution is 6.31. The van der Waals surface area contributed by atoms with E-state index in [4.69, 9.17) is 21.1 Å². The predicted octanol–water partition coefficient (Wildman–Crippen LogP) is 4.08. The Bertz CT molecular complexity index is 774. The average molecular weight is 376 g/mol. The van der Waals surface area contributed by atoms with E-state index in [1.54, 1.807) is 12.1 Å². The molecule has 26 heavy (non-hydrogen) atoms. The van der Waals surface area contributed by atoms with Gasteiger partial charge >= 0.3 is 5.97 Å². The van der Waals surface area contributed by atoms with Crippen molar-refractivity contribution in [3.63, 3.8) is 0 Å². The van der Waals surface area contributed by atoms with Gasteiger partial charge in [0, 0.05) is 5.02 Å². The number of esters is 1. The standard InChI is InChI=1S/C20H22ClNO4/c1-4-17(14-7-5-13(2)6-8-14)22-19(23)12-26-20(24)16-11-15(21)9-10-18(16)25-3/h5-11,17H,4,12H2,1-3H3,(H,22,23)/t17-/m1/s1. The molecule has 0 heterocycles. The van der Waals surface area contributed by atoms with Gasteiger partial charge < -0.3 is 14.8 Å². The summed E-state index contributed by atoms with van der Waals surface area (Å²) in [5.41, 5.74) is 2.34. The van der Waals surface area contributed by atoms with Gasteiger partial charge in [0.1, 0.15) is 11.3 Å². The summed E-state index contributed by atoms with van der Waals surface area (Å²) in [6.07, 6.45) is 0.727. The van der Waals surface area contributed by atoms with Gasteiger partial charge in [-0.25, -0.2) is 4.79 Å². The maximum absolute atomic E-state index is 12.2. The molecule has 0 aromatic heterocycles. The molecule has 2 rings (SSSR count). The number of halogens is 1. The monoisotopic (exact) mass is 375 g/mol. The van der Waals surface area contributed by atoms with Crippen molar-refractivity contribution in [2.45, 2.75) is 26.3 Å². The molecule has 1 atom stereocenters. The third-order valence-corrected chi connectivity index (χ3v) is 4.17. The number of hydrogen-bond donors (Lipinski definition) is 1. The van der Waals surface area contributed by atoms with Gasteiger partial charge in [0.2, 0.25) is 0 Å². The highest BCUT2D eigenvalue weighted by atomic mass is 35.5. The molecule has 0 unspecified atom stereocenters. The first-order chi connectivity index (χ1) is 12.4. The maximum Gasteiger partial charge on any atom is 0.342 e. The molecule has 0 bridgehead atoms. The van der Waals surface area contributed by atoms with Crippen LogP contribution in [0, 0.1) is 6.92 Å². The predicted molar refractivity (Wildman–Crippen MR) is 101 cm³/mol. The average Bonchev–Trinajstić information content (AvgIpc) is 2.65. The number of amides is 1. The van der Waals surface area contributed by atoms with Crippen LogP contribution in [0.5, 0.6) is 5.75 Å². The zero-order valence-corrected chi connectivity index (χ0v) is 15.8. The fourth-order valence-electron chi connectivity index (χ4n) is 2.50. The SMILES string of the molecule is CC[C@@H](NC(=O)COC(=O)c1cc(Cl)ccc1OC)c1ccc(C)cc1. The first kappa shape index (κ1) is 19.8. The lowest BCUT2D eigenvalue weighted by atomic mass is 10.0. The minimum absolute atomic E-state index is 0.137. The second-order valence-electron chi connectivity index (χ2n) is 5.86. The van der Waals surface area contributed by atoms with Crippen LogP contribution in [0.4, 0.5) is 0 Å². The molecule has 138 valence electrons. The van der Waals surface area contributed by atoms with Gasteiger partial charge in [-0.3, -0.25) is 4.79 Å². The number of aryl methyl sites for hydroxylation is 1. The van der Waals surface area contributed by atoms with E-state index in [1.165, 1.54) is 13.2 Å². The molecule has 2 aromatic rings. The van der Waals surface area contributed by atoms with E-state index < -0.39 is 5.97 Å². The molecule has 0 saturated carbocycles. The molecule has 2 aromatic carbocycles. The van der Waals surface area contributed by atoms with E-state index in [2.05, 4.69) is 5.32 Å². The molecule has 0 aliphatic carbocycles. The summed E-state index contributed by atoms with van der Waals surface area (Å²) in [5, 5.41) is 3.26. The van der Waals surface area contributed by atoms with Crippen LogP contribution in [-0.2, 0) is 9.53 Å². The first-order valence-electron chi connectivity index (χ1n) is 8.31. The fourth-order valence-corrected chi connectivity index (χ4v) is 2.68. The highest BCUT2D eigenvalue weighted by Crippen LogP contribution is 2.23. The molecule has 0 aliphatic rings. The quantitative estimate of drug-likeness (QED) is 0.740. The van der Waals surface area contributed by atoms with Crippen LogP contribution in [0.1, 0.15) is 40.9 Å². The summed E-state index contributed by atoms with van der Waals surface area (Å²) in [7, 11) is 1.44. The summed E-state index contributed by atoms with van der Waals surface area (Å²) < 4.78 is 10.2. The lowest BCUT2D eigenvalue weighted by Crippen LogP contribution is -2.32. The van der Waals surface area contributed by atoms with Crippen molar-refractivity contribution in [2.75, 3.05) is 13.7 Å². The highest BCUT2D eigenvalue weighted by Gasteiger charge is 2.18. The topological polar surface area (TPSA) is 64.6 Å². The van der Waals surface area contributed by atoms with Gasteiger partial charge in [-0.05, 0) is 37.1 Å². The normalized spacial score (nSPS) is 11.5. The summed E-state index contributed by atoms with van der Waals surface area (Å²) >= 11 is 5.90. The van der Waals surface area contributed by atoms with Gasteiger partial charge in [-0.2, -0.15) is 0 Å². The van der Waals surface area contributed by atoms with E-state index in [-0.39, 0.29) is 24.1 Å². The summed E-state index contributed by atoms with van der Waals surface area (Å²) in [6, 6.07) is 12.4. The van der Waals surface area contributed by atoms with E-state index in [9.17, 15) is 9.59 Å². The maximum atomic E-state index is 12.2. The number of nitrogens with one attached hydrogen (secondary N) is 1. The molecule has 0 fully saturated rings. The molecule has 6 heteroatoms. The molecule has 1 N–H and O–H groups in total. The first-order valence-corrected chi connectivity index (χ1v) is 8.69. The van der Waals surface area contributed by atoms with Gasteiger partial charge in [0.05, 0.1) is 13.2 Å². The molecular weight excluding hydrogens is 354 g/mol. The number of carbonyl (C=O) groups is 2. The molecule has 0 spiro atoms. The molecule has 1 amide bonds. The van der Waals surface area contributed by atoms with Crippen molar-refractivity contribution in [2.24, 2.45) is 0 Å². The Labute approximate surface area is 158 Å². The van der Waals surface area contributed by atoms with Crippen molar-refractivity contribution in [3.05, 3.63) is 64.2 Å². The van der Waals surface area contributed by atoms with Crippen LogP contribution < -0.4 is 10.1 Å². The number of rotatable bonds is 7. The lowest BCUT2D eigenvalue weighted by molar-refractivity contribution is -0.125. The minimum Gasteiger partial charge on any atom is -0.496 e. The van der Waals surface area contributed by atoms with E-state index in [1.807, 2.05) is 38.1 Å². The van der Waals surface area contributed by atoms with Crippen LogP contribution in [0.3, 0.4) is 0 Å². The van der Waals surface area contributed by atoms with Crippen molar-refractivity contribution < 1.29 is 19.1 Å². The minimum atomic E-state index is -0.664. The van der Waals surface area contributed by atoms with Gasteiger partial charge in [-0.1, -0.05) is 48.4 Å². The number of ether oxygens (including phenoxy) is 2. The van der Waals surface area contributed by atoms with Crippen LogP contribution in [0.25, 0.3) is 0 Å². The number of methoxy groups -OCH3 is 1. The van der Waals surface area contributed by atoms with Crippen molar-refractivity contribution in [1.29, 1.82) is 0 Å². The van der Waals surface area contributed by atoms with Gasteiger partial charge in [-0.15, -0.1) is 0 Å². The smallest absolute Gasteiger partial charge is 0.342 e. The van der Waals surface area contributed by atoms with Crippen molar-refractivity contribution >= 4 is 23.5 Å². The molecule has 0 saturated heterocycles. The Morgan fingerprint density at radius 2 is 1.85 bits per heavy atom. The van der Waals surface area contributed by atoms with Crippen LogP contribution in [0.2, 0.25) is 5.02 Å². The summed E-state index contributed by atoms with van der Waals surface area (Å²) in [4.78, 5) is 24.4. The Kier molecular flexibility index (Phi) is 7.04. The molecular formula is C20H22ClNO4. The Morgan fingerprint density at radius 1 is 1.15 bits per heavy atom. The lowest BCUT2D eigenvalue weighted by Gasteiger charge is -2.18. The third kappa shape index (κ3) is 5.23. The van der Waals surface area contributed by atoms with Crippen molar-refractivity contribution in [1.82, 2.24) is 5.32 Å². The zero-order chi connectivity index (χ0) is 19.1. The molecule has 5 nitrogen and oxygen atoms in total. The molecule has 0 aliphatic heterocycles. The number of carbonyl (C=O) groups excluding carboxylic acids is 2.